The maximum absolute atomic E-state index is 12.4. The van der Waals surface area contributed by atoms with Crippen molar-refractivity contribution in [3.63, 3.8) is 0 Å². The molecule has 110 valence electrons. The van der Waals surface area contributed by atoms with E-state index in [9.17, 15) is 4.79 Å². The zero-order valence-electron chi connectivity index (χ0n) is 13.0. The van der Waals surface area contributed by atoms with Crippen LogP contribution in [-0.2, 0) is 4.74 Å². The van der Waals surface area contributed by atoms with Gasteiger partial charge in [-0.25, -0.2) is 4.79 Å². The van der Waals surface area contributed by atoms with Gasteiger partial charge >= 0.3 is 6.09 Å². The van der Waals surface area contributed by atoms with Crippen LogP contribution in [0.3, 0.4) is 0 Å². The number of carbonyl (C=O) groups excluding carboxylic acids is 1. The summed E-state index contributed by atoms with van der Waals surface area (Å²) in [6, 6.07) is 8.29. The zero-order chi connectivity index (χ0) is 14.9. The van der Waals surface area contributed by atoms with Crippen molar-refractivity contribution in [1.29, 1.82) is 0 Å². The lowest BCUT2D eigenvalue weighted by molar-refractivity contribution is 0.0576. The lowest BCUT2D eigenvalue weighted by Crippen LogP contribution is -2.50. The van der Waals surface area contributed by atoms with E-state index in [-0.39, 0.29) is 12.1 Å². The topological polar surface area (TPSA) is 32.8 Å². The van der Waals surface area contributed by atoms with Gasteiger partial charge in [0.2, 0.25) is 0 Å². The van der Waals surface area contributed by atoms with Gasteiger partial charge in [0.05, 0.1) is 11.4 Å². The monoisotopic (exact) mass is 276 g/mol. The van der Waals surface area contributed by atoms with Crippen molar-refractivity contribution in [2.45, 2.75) is 46.3 Å². The van der Waals surface area contributed by atoms with Crippen LogP contribution >= 0.6 is 0 Å². The molecule has 20 heavy (non-hydrogen) atoms. The largest absolute Gasteiger partial charge is 0.443 e. The highest BCUT2D eigenvalue weighted by Crippen LogP contribution is 2.35. The third kappa shape index (κ3) is 2.89. The second-order valence-electron chi connectivity index (χ2n) is 6.21. The van der Waals surface area contributed by atoms with E-state index < -0.39 is 5.60 Å². The minimum Gasteiger partial charge on any atom is -0.443 e. The third-order valence-electron chi connectivity index (χ3n) is 3.42. The Kier molecular flexibility index (Phi) is 3.93. The predicted molar refractivity (Wildman–Crippen MR) is 82.5 cm³/mol. The van der Waals surface area contributed by atoms with E-state index in [2.05, 4.69) is 24.8 Å². The molecule has 1 aromatic rings. The summed E-state index contributed by atoms with van der Waals surface area (Å²) in [6.07, 6.45) is -0.271. The van der Waals surface area contributed by atoms with Crippen molar-refractivity contribution in [3.05, 3.63) is 24.3 Å². The molecule has 1 atom stereocenters. The highest BCUT2D eigenvalue weighted by Gasteiger charge is 2.32. The summed E-state index contributed by atoms with van der Waals surface area (Å²) >= 11 is 0. The van der Waals surface area contributed by atoms with E-state index in [0.717, 1.165) is 17.9 Å². The average molecular weight is 276 g/mol. The summed E-state index contributed by atoms with van der Waals surface area (Å²) in [5, 5.41) is 0. The van der Waals surface area contributed by atoms with E-state index in [1.165, 1.54) is 0 Å². The number of rotatable bonds is 1. The van der Waals surface area contributed by atoms with Crippen LogP contribution in [0.5, 0.6) is 0 Å². The lowest BCUT2D eigenvalue weighted by Gasteiger charge is -2.42. The standard InChI is InChI=1S/C16H24N2O2/c1-6-17-12(2)11-18(15(19)20-16(3,4)5)14-10-8-7-9-13(14)17/h7-10,12H,6,11H2,1-5H3. The molecule has 0 saturated heterocycles. The molecule has 1 heterocycles. The quantitative estimate of drug-likeness (QED) is 0.784. The molecule has 1 aromatic carbocycles. The number of carbonyl (C=O) groups is 1. The number of likely N-dealkylation sites (N-methyl/N-ethyl adjacent to an activating group) is 1. The van der Waals surface area contributed by atoms with Gasteiger partial charge in [-0.2, -0.15) is 0 Å². The maximum atomic E-state index is 12.4. The van der Waals surface area contributed by atoms with Gasteiger partial charge in [-0.05, 0) is 46.8 Å². The number of hydrogen-bond acceptors (Lipinski definition) is 3. The van der Waals surface area contributed by atoms with Crippen LogP contribution in [0.25, 0.3) is 0 Å². The third-order valence-corrected chi connectivity index (χ3v) is 3.42. The molecule has 0 aliphatic carbocycles. The molecular formula is C16H24N2O2. The van der Waals surface area contributed by atoms with Crippen molar-refractivity contribution in [1.82, 2.24) is 0 Å². The Hall–Kier alpha value is -1.71. The SMILES string of the molecule is CCN1c2ccccc2N(C(=O)OC(C)(C)C)CC1C. The van der Waals surface area contributed by atoms with E-state index >= 15 is 0 Å². The molecule has 4 nitrogen and oxygen atoms in total. The van der Waals surface area contributed by atoms with Crippen molar-refractivity contribution in [2.24, 2.45) is 0 Å². The number of ether oxygens (including phenoxy) is 1. The first-order valence-electron chi connectivity index (χ1n) is 7.19. The first-order valence-corrected chi connectivity index (χ1v) is 7.19. The number of anilines is 2. The van der Waals surface area contributed by atoms with Crippen LogP contribution in [0, 0.1) is 0 Å². The Morgan fingerprint density at radius 1 is 1.30 bits per heavy atom. The minimum atomic E-state index is -0.475. The fourth-order valence-corrected chi connectivity index (χ4v) is 2.61. The van der Waals surface area contributed by atoms with Gasteiger partial charge in [0.15, 0.2) is 0 Å². The molecule has 4 heteroatoms. The van der Waals surface area contributed by atoms with Crippen LogP contribution in [0.4, 0.5) is 16.2 Å². The van der Waals surface area contributed by atoms with Crippen molar-refractivity contribution >= 4 is 17.5 Å². The van der Waals surface area contributed by atoms with Crippen LogP contribution in [0.2, 0.25) is 0 Å². The van der Waals surface area contributed by atoms with Gasteiger partial charge in [0.25, 0.3) is 0 Å². The molecular weight excluding hydrogens is 252 g/mol. The fourth-order valence-electron chi connectivity index (χ4n) is 2.61. The summed E-state index contributed by atoms with van der Waals surface area (Å²) in [4.78, 5) is 16.5. The van der Waals surface area contributed by atoms with Gasteiger partial charge in [-0.15, -0.1) is 0 Å². The molecule has 0 radical (unpaired) electrons. The summed E-state index contributed by atoms with van der Waals surface area (Å²) in [6.45, 7) is 11.5. The van der Waals surface area contributed by atoms with Crippen molar-refractivity contribution in [3.8, 4) is 0 Å². The molecule has 0 bridgehead atoms. The van der Waals surface area contributed by atoms with E-state index in [1.54, 1.807) is 4.90 Å². The average Bonchev–Trinajstić information content (AvgIpc) is 2.35. The maximum Gasteiger partial charge on any atom is 0.414 e. The number of nitrogens with zero attached hydrogens (tertiary/aromatic N) is 2. The molecule has 2 rings (SSSR count). The summed E-state index contributed by atoms with van der Waals surface area (Å²) < 4.78 is 5.52. The summed E-state index contributed by atoms with van der Waals surface area (Å²) in [7, 11) is 0. The van der Waals surface area contributed by atoms with Gasteiger partial charge in [-0.3, -0.25) is 4.90 Å². The van der Waals surface area contributed by atoms with E-state index in [1.807, 2.05) is 39.0 Å². The Balaban J connectivity index is 2.34. The van der Waals surface area contributed by atoms with Gasteiger partial charge < -0.3 is 9.64 Å². The zero-order valence-corrected chi connectivity index (χ0v) is 13.0. The number of para-hydroxylation sites is 2. The first kappa shape index (κ1) is 14.7. The van der Waals surface area contributed by atoms with Crippen LogP contribution in [-0.4, -0.2) is 30.8 Å². The minimum absolute atomic E-state index is 0.271. The van der Waals surface area contributed by atoms with E-state index in [0.29, 0.717) is 6.54 Å². The molecule has 1 amide bonds. The number of fused-ring (bicyclic) bond motifs is 1. The van der Waals surface area contributed by atoms with Crippen molar-refractivity contribution in [2.75, 3.05) is 22.9 Å². The predicted octanol–water partition coefficient (Wildman–Crippen LogP) is 3.66. The Morgan fingerprint density at radius 2 is 1.90 bits per heavy atom. The number of amides is 1. The molecule has 0 spiro atoms. The summed E-state index contributed by atoms with van der Waals surface area (Å²) in [5.74, 6) is 0. The molecule has 1 aliphatic heterocycles. The molecule has 0 fully saturated rings. The Labute approximate surface area is 121 Å². The van der Waals surface area contributed by atoms with Crippen LogP contribution in [0.15, 0.2) is 24.3 Å². The van der Waals surface area contributed by atoms with Gasteiger partial charge in [-0.1, -0.05) is 12.1 Å². The molecule has 1 aliphatic rings. The van der Waals surface area contributed by atoms with E-state index in [4.69, 9.17) is 4.74 Å². The second kappa shape index (κ2) is 5.35. The summed E-state index contributed by atoms with van der Waals surface area (Å²) in [5.41, 5.74) is 1.55. The molecule has 0 saturated carbocycles. The van der Waals surface area contributed by atoms with Crippen LogP contribution in [0.1, 0.15) is 34.6 Å². The van der Waals surface area contributed by atoms with Gasteiger partial charge in [0.1, 0.15) is 5.60 Å². The number of benzene rings is 1. The lowest BCUT2D eigenvalue weighted by atomic mass is 10.1. The van der Waals surface area contributed by atoms with Crippen molar-refractivity contribution < 1.29 is 9.53 Å². The molecule has 1 unspecified atom stereocenters. The van der Waals surface area contributed by atoms with Gasteiger partial charge in [0, 0.05) is 19.1 Å². The molecule has 0 N–H and O–H groups in total. The fraction of sp³-hybridized carbons (Fsp3) is 0.562. The normalized spacial score (nSPS) is 18.8. The Bertz CT molecular complexity index is 493. The first-order chi connectivity index (χ1) is 9.33. The second-order valence-corrected chi connectivity index (χ2v) is 6.21. The molecule has 0 aromatic heterocycles. The number of hydrogen-bond donors (Lipinski definition) is 0. The highest BCUT2D eigenvalue weighted by molar-refractivity contribution is 5.94. The smallest absolute Gasteiger partial charge is 0.414 e. The highest BCUT2D eigenvalue weighted by atomic mass is 16.6. The van der Waals surface area contributed by atoms with Crippen LogP contribution < -0.4 is 9.80 Å². The Morgan fingerprint density at radius 3 is 2.45 bits per heavy atom.